The van der Waals surface area contributed by atoms with E-state index in [1.54, 1.807) is 11.1 Å². The number of carbonyl (C=O) groups excluding carboxylic acids is 2. The first-order chi connectivity index (χ1) is 17.5. The van der Waals surface area contributed by atoms with E-state index in [2.05, 4.69) is 27.5 Å². The van der Waals surface area contributed by atoms with Crippen LogP contribution in [-0.4, -0.2) is 69.8 Å². The molecular formula is C28H37N5O2S. The highest BCUT2D eigenvalue weighted by Crippen LogP contribution is 2.33. The summed E-state index contributed by atoms with van der Waals surface area (Å²) in [6.45, 7) is 2.49. The van der Waals surface area contributed by atoms with Crippen LogP contribution in [0.2, 0.25) is 0 Å². The van der Waals surface area contributed by atoms with Gasteiger partial charge in [0.05, 0.1) is 17.3 Å². The lowest BCUT2D eigenvalue weighted by Gasteiger charge is -2.43. The number of amides is 2. The molecule has 0 aromatic carbocycles. The summed E-state index contributed by atoms with van der Waals surface area (Å²) in [5.41, 5.74) is 7.56. The average Bonchev–Trinajstić information content (AvgIpc) is 2.92. The molecule has 192 valence electrons. The Morgan fingerprint density at radius 2 is 2.03 bits per heavy atom. The Morgan fingerprint density at radius 1 is 1.22 bits per heavy atom. The van der Waals surface area contributed by atoms with Crippen LogP contribution in [-0.2, 0) is 15.1 Å². The number of thioether (sulfide) groups is 1. The van der Waals surface area contributed by atoms with Crippen molar-refractivity contribution in [1.82, 2.24) is 20.1 Å². The Labute approximate surface area is 218 Å². The summed E-state index contributed by atoms with van der Waals surface area (Å²) in [5.74, 6) is -0.403. The largest absolute Gasteiger partial charge is 0.348 e. The number of fused-ring (bicyclic) bond motifs is 1. The molecule has 4 atom stereocenters. The third-order valence-electron chi connectivity index (χ3n) is 8.23. The van der Waals surface area contributed by atoms with Gasteiger partial charge in [-0.25, -0.2) is 0 Å². The van der Waals surface area contributed by atoms with Crippen molar-refractivity contribution in [1.29, 1.82) is 0 Å². The summed E-state index contributed by atoms with van der Waals surface area (Å²) < 4.78 is 0. The van der Waals surface area contributed by atoms with Crippen molar-refractivity contribution >= 4 is 23.6 Å². The van der Waals surface area contributed by atoms with Gasteiger partial charge in [0, 0.05) is 49.2 Å². The quantitative estimate of drug-likeness (QED) is 0.576. The fraction of sp³-hybridized carbons (Fsp3) is 0.536. The molecule has 36 heavy (non-hydrogen) atoms. The minimum atomic E-state index is -0.408. The zero-order valence-electron chi connectivity index (χ0n) is 21.0. The maximum Gasteiger partial charge on any atom is 0.263 e. The highest BCUT2D eigenvalue weighted by molar-refractivity contribution is 7.99. The van der Waals surface area contributed by atoms with Gasteiger partial charge in [0.15, 0.2) is 0 Å². The molecule has 0 spiro atoms. The predicted octanol–water partition coefficient (Wildman–Crippen LogP) is 2.96. The number of nitrogens with zero attached hydrogens (tertiary/aromatic N) is 3. The fourth-order valence-corrected chi connectivity index (χ4v) is 6.99. The minimum Gasteiger partial charge on any atom is -0.348 e. The number of carbonyl (C=O) groups is 2. The molecule has 1 saturated heterocycles. The molecule has 4 heterocycles. The monoisotopic (exact) mass is 507 g/mol. The van der Waals surface area contributed by atoms with Crippen molar-refractivity contribution in [2.75, 3.05) is 25.9 Å². The number of likely N-dealkylation sites (tertiary alicyclic amines) is 1. The molecule has 2 fully saturated rings. The van der Waals surface area contributed by atoms with Gasteiger partial charge in [0.2, 0.25) is 0 Å². The maximum absolute atomic E-state index is 13.4. The van der Waals surface area contributed by atoms with Crippen LogP contribution in [0.4, 0.5) is 0 Å². The fourth-order valence-electron chi connectivity index (χ4n) is 6.06. The van der Waals surface area contributed by atoms with Gasteiger partial charge in [0.25, 0.3) is 11.8 Å². The van der Waals surface area contributed by atoms with Crippen molar-refractivity contribution in [3.63, 3.8) is 0 Å². The standard InChI is InChI=1S/C28H37N5O2S/c1-36-24-10-3-2-8-22(24)31-26(34)21-18-20(23-9-5-7-15-33(23)27(21)35)19-32-16-12-28(29,13-17-32)25-11-4-6-14-30-25/h4-7,9,11,14-15,18,20,22-24H,2-3,8,10,12-13,16-17,19,29H2,1H3,(H,31,34)/t20?,22-,23?,24-/m0/s1. The van der Waals surface area contributed by atoms with Crippen molar-refractivity contribution in [2.45, 2.75) is 61.4 Å². The molecule has 1 aliphatic carbocycles. The third kappa shape index (κ3) is 5.17. The normalized spacial score (nSPS) is 30.0. The number of aromatic nitrogens is 1. The second-order valence-electron chi connectivity index (χ2n) is 10.5. The van der Waals surface area contributed by atoms with E-state index >= 15 is 0 Å². The molecule has 1 aromatic heterocycles. The number of hydrogen-bond acceptors (Lipinski definition) is 6. The lowest BCUT2D eigenvalue weighted by Crippen LogP contribution is -2.54. The van der Waals surface area contributed by atoms with Crippen LogP contribution in [0.5, 0.6) is 0 Å². The van der Waals surface area contributed by atoms with Gasteiger partial charge in [-0.1, -0.05) is 37.1 Å². The lowest BCUT2D eigenvalue weighted by atomic mass is 9.83. The van der Waals surface area contributed by atoms with Gasteiger partial charge >= 0.3 is 0 Å². The van der Waals surface area contributed by atoms with Crippen molar-refractivity contribution in [2.24, 2.45) is 11.7 Å². The van der Waals surface area contributed by atoms with Crippen molar-refractivity contribution in [3.05, 3.63) is 66.2 Å². The molecule has 8 heteroatoms. The number of nitrogens with one attached hydrogen (secondary N) is 1. The van der Waals surface area contributed by atoms with Crippen LogP contribution in [0, 0.1) is 5.92 Å². The number of allylic oxidation sites excluding steroid dienone is 2. The zero-order valence-corrected chi connectivity index (χ0v) is 21.8. The Hall–Kier alpha value is -2.42. The molecule has 2 amide bonds. The number of nitrogens with two attached hydrogens (primary N) is 1. The third-order valence-corrected chi connectivity index (χ3v) is 9.40. The van der Waals surface area contributed by atoms with Crippen LogP contribution >= 0.6 is 11.8 Å². The predicted molar refractivity (Wildman–Crippen MR) is 144 cm³/mol. The van der Waals surface area contributed by atoms with Crippen LogP contribution in [0.3, 0.4) is 0 Å². The maximum atomic E-state index is 13.4. The topological polar surface area (TPSA) is 91.6 Å². The van der Waals surface area contributed by atoms with Gasteiger partial charge in [0.1, 0.15) is 5.57 Å². The van der Waals surface area contributed by atoms with Crippen LogP contribution < -0.4 is 11.1 Å². The smallest absolute Gasteiger partial charge is 0.263 e. The van der Waals surface area contributed by atoms with Crippen LogP contribution in [0.25, 0.3) is 0 Å². The number of rotatable bonds is 6. The Balaban J connectivity index is 1.30. The summed E-state index contributed by atoms with van der Waals surface area (Å²) in [6.07, 6.45) is 19.7. The second-order valence-corrected chi connectivity index (χ2v) is 11.6. The molecule has 3 N–H and O–H groups in total. The second kappa shape index (κ2) is 10.9. The van der Waals surface area contributed by atoms with E-state index in [0.717, 1.165) is 57.4 Å². The molecule has 0 radical (unpaired) electrons. The van der Waals surface area contributed by atoms with E-state index in [-0.39, 0.29) is 35.4 Å². The van der Waals surface area contributed by atoms with E-state index in [1.807, 2.05) is 54.4 Å². The average molecular weight is 508 g/mol. The summed E-state index contributed by atoms with van der Waals surface area (Å²) >= 11 is 1.81. The molecule has 7 nitrogen and oxygen atoms in total. The van der Waals surface area contributed by atoms with E-state index in [9.17, 15) is 9.59 Å². The van der Waals surface area contributed by atoms with Gasteiger partial charge in [-0.3, -0.25) is 14.6 Å². The van der Waals surface area contributed by atoms with Gasteiger partial charge < -0.3 is 20.9 Å². The van der Waals surface area contributed by atoms with Crippen molar-refractivity contribution in [3.8, 4) is 0 Å². The Kier molecular flexibility index (Phi) is 7.65. The highest BCUT2D eigenvalue weighted by atomic mass is 32.2. The SMILES string of the molecule is CS[C@H]1CCCC[C@@H]1NC(=O)C1=CC(CN2CCC(N)(c3ccccn3)CC2)C2C=CC=CN2C1=O. The lowest BCUT2D eigenvalue weighted by molar-refractivity contribution is -0.131. The molecular weight excluding hydrogens is 470 g/mol. The van der Waals surface area contributed by atoms with Crippen molar-refractivity contribution < 1.29 is 9.59 Å². The number of hydrogen-bond donors (Lipinski definition) is 2. The number of pyridine rings is 1. The molecule has 1 aromatic rings. The first kappa shape index (κ1) is 25.2. The van der Waals surface area contributed by atoms with Gasteiger partial charge in [-0.2, -0.15) is 11.8 Å². The zero-order chi connectivity index (χ0) is 25.1. The van der Waals surface area contributed by atoms with Gasteiger partial charge in [-0.05, 0) is 50.1 Å². The summed E-state index contributed by atoms with van der Waals surface area (Å²) in [4.78, 5) is 35.4. The number of piperidine rings is 1. The molecule has 1 saturated carbocycles. The van der Waals surface area contributed by atoms with Crippen LogP contribution in [0.1, 0.15) is 44.2 Å². The first-order valence-electron chi connectivity index (χ1n) is 13.1. The Bertz CT molecular complexity index is 1050. The summed E-state index contributed by atoms with van der Waals surface area (Å²) in [6, 6.07) is 5.97. The first-order valence-corrected chi connectivity index (χ1v) is 14.4. The van der Waals surface area contributed by atoms with E-state index < -0.39 is 5.54 Å². The molecule has 3 aliphatic heterocycles. The molecule has 5 rings (SSSR count). The highest BCUT2D eigenvalue weighted by Gasteiger charge is 2.40. The molecule has 4 aliphatic rings. The molecule has 2 unspecified atom stereocenters. The van der Waals surface area contributed by atoms with E-state index in [4.69, 9.17) is 5.73 Å². The summed E-state index contributed by atoms with van der Waals surface area (Å²) in [5, 5.41) is 3.62. The minimum absolute atomic E-state index is 0.0347. The summed E-state index contributed by atoms with van der Waals surface area (Å²) in [7, 11) is 0. The van der Waals surface area contributed by atoms with Crippen LogP contribution in [0.15, 0.2) is 60.5 Å². The Morgan fingerprint density at radius 3 is 2.78 bits per heavy atom. The molecule has 0 bridgehead atoms. The van der Waals surface area contributed by atoms with E-state index in [1.165, 1.54) is 6.42 Å². The van der Waals surface area contributed by atoms with Gasteiger partial charge in [-0.15, -0.1) is 0 Å². The van der Waals surface area contributed by atoms with E-state index in [0.29, 0.717) is 5.25 Å².